The summed E-state index contributed by atoms with van der Waals surface area (Å²) in [5, 5.41) is 9.27. The van der Waals surface area contributed by atoms with E-state index >= 15 is 0 Å². The molecule has 2 aromatic carbocycles. The van der Waals surface area contributed by atoms with Gasteiger partial charge in [-0.3, -0.25) is 14.5 Å². The van der Waals surface area contributed by atoms with Crippen LogP contribution in [-0.2, 0) is 15.1 Å². The van der Waals surface area contributed by atoms with Gasteiger partial charge in [0, 0.05) is 11.4 Å². The fourth-order valence-corrected chi connectivity index (χ4v) is 4.73. The standard InChI is InChI=1S/C26H23ClN4O4/c1-2-26(18-7-4-3-5-8-18)24(33)30(25(34)28-26)16-23(32)31-21(22-9-6-14-35-22)15-20(29-31)17-10-12-19(27)13-11-17/h3-14,21H,2,15-16H2,1H3,(H,28,34)/t21-,26-/m1/s1. The van der Waals surface area contributed by atoms with Gasteiger partial charge < -0.3 is 9.73 Å². The van der Waals surface area contributed by atoms with Gasteiger partial charge in [0.2, 0.25) is 0 Å². The van der Waals surface area contributed by atoms with Gasteiger partial charge in [0.1, 0.15) is 23.9 Å². The highest BCUT2D eigenvalue weighted by molar-refractivity contribution is 6.30. The molecule has 0 bridgehead atoms. The number of urea groups is 1. The van der Waals surface area contributed by atoms with Crippen LogP contribution in [0.1, 0.15) is 42.7 Å². The molecule has 4 amide bonds. The Balaban J connectivity index is 1.42. The molecule has 1 N–H and O–H groups in total. The van der Waals surface area contributed by atoms with Gasteiger partial charge in [-0.15, -0.1) is 0 Å². The van der Waals surface area contributed by atoms with Crippen LogP contribution >= 0.6 is 11.6 Å². The van der Waals surface area contributed by atoms with Crippen molar-refractivity contribution in [3.8, 4) is 0 Å². The van der Waals surface area contributed by atoms with Gasteiger partial charge >= 0.3 is 6.03 Å². The minimum atomic E-state index is -1.21. The predicted octanol–water partition coefficient (Wildman–Crippen LogP) is 4.47. The molecule has 1 saturated heterocycles. The Morgan fingerprint density at radius 3 is 2.51 bits per heavy atom. The van der Waals surface area contributed by atoms with E-state index in [1.807, 2.05) is 37.3 Å². The van der Waals surface area contributed by atoms with E-state index in [4.69, 9.17) is 16.0 Å². The first-order chi connectivity index (χ1) is 16.9. The maximum absolute atomic E-state index is 13.5. The predicted molar refractivity (Wildman–Crippen MR) is 130 cm³/mol. The van der Waals surface area contributed by atoms with Crippen LogP contribution in [0.25, 0.3) is 0 Å². The number of rotatable bonds is 6. The number of furan rings is 1. The third kappa shape index (κ3) is 4.00. The maximum atomic E-state index is 13.5. The molecule has 2 atom stereocenters. The first kappa shape index (κ1) is 22.9. The quantitative estimate of drug-likeness (QED) is 0.516. The third-order valence-electron chi connectivity index (χ3n) is 6.48. The molecule has 2 aliphatic heterocycles. The lowest BCUT2D eigenvalue weighted by Gasteiger charge is -2.26. The van der Waals surface area contributed by atoms with Crippen molar-refractivity contribution in [3.63, 3.8) is 0 Å². The van der Waals surface area contributed by atoms with Crippen molar-refractivity contribution in [2.24, 2.45) is 5.10 Å². The summed E-state index contributed by atoms with van der Waals surface area (Å²) in [6.07, 6.45) is 2.30. The Hall–Kier alpha value is -3.91. The zero-order valence-electron chi connectivity index (χ0n) is 19.0. The van der Waals surface area contributed by atoms with E-state index in [2.05, 4.69) is 10.4 Å². The second-order valence-corrected chi connectivity index (χ2v) is 8.91. The van der Waals surface area contributed by atoms with Crippen molar-refractivity contribution >= 4 is 35.2 Å². The van der Waals surface area contributed by atoms with E-state index < -0.39 is 36.0 Å². The van der Waals surface area contributed by atoms with Crippen LogP contribution in [0.3, 0.4) is 0 Å². The van der Waals surface area contributed by atoms with Gasteiger partial charge in [-0.05, 0) is 41.8 Å². The summed E-state index contributed by atoms with van der Waals surface area (Å²) >= 11 is 6.01. The highest BCUT2D eigenvalue weighted by Crippen LogP contribution is 2.35. The summed E-state index contributed by atoms with van der Waals surface area (Å²) in [5.74, 6) is -0.380. The molecular weight excluding hydrogens is 468 g/mol. The van der Waals surface area contributed by atoms with Crippen LogP contribution in [0.2, 0.25) is 5.02 Å². The van der Waals surface area contributed by atoms with Crippen molar-refractivity contribution < 1.29 is 18.8 Å². The molecule has 0 aliphatic carbocycles. The molecule has 1 aromatic heterocycles. The first-order valence-corrected chi connectivity index (χ1v) is 11.7. The second-order valence-electron chi connectivity index (χ2n) is 8.47. The van der Waals surface area contributed by atoms with E-state index in [1.165, 1.54) is 11.3 Å². The molecule has 35 heavy (non-hydrogen) atoms. The van der Waals surface area contributed by atoms with Crippen LogP contribution in [-0.4, -0.2) is 40.0 Å². The fraction of sp³-hybridized carbons (Fsp3) is 0.231. The SMILES string of the molecule is CC[C@]1(c2ccccc2)NC(=O)N(CC(=O)N2N=C(c3ccc(Cl)cc3)C[C@@H]2c2ccco2)C1=O. The number of hydrogen-bond acceptors (Lipinski definition) is 5. The van der Waals surface area contributed by atoms with Crippen LogP contribution in [0.4, 0.5) is 4.79 Å². The Morgan fingerprint density at radius 1 is 1.11 bits per heavy atom. The Kier molecular flexibility index (Phi) is 5.90. The summed E-state index contributed by atoms with van der Waals surface area (Å²) in [6, 6.07) is 18.7. The topological polar surface area (TPSA) is 95.2 Å². The highest BCUT2D eigenvalue weighted by atomic mass is 35.5. The molecule has 2 aliphatic rings. The largest absolute Gasteiger partial charge is 0.467 e. The van der Waals surface area contributed by atoms with Gasteiger partial charge in [-0.1, -0.05) is 61.0 Å². The number of imide groups is 1. The number of halogens is 1. The van der Waals surface area contributed by atoms with Gasteiger partial charge in [0.05, 0.1) is 12.0 Å². The second kappa shape index (κ2) is 9.03. The minimum Gasteiger partial charge on any atom is -0.467 e. The van der Waals surface area contributed by atoms with Crippen LogP contribution < -0.4 is 5.32 Å². The molecule has 3 heterocycles. The summed E-state index contributed by atoms with van der Waals surface area (Å²) < 4.78 is 5.57. The van der Waals surface area contributed by atoms with Crippen LogP contribution in [0, 0.1) is 0 Å². The number of carbonyl (C=O) groups excluding carboxylic acids is 3. The lowest BCUT2D eigenvalue weighted by molar-refractivity contribution is -0.140. The molecule has 0 spiro atoms. The lowest BCUT2D eigenvalue weighted by Crippen LogP contribution is -2.45. The van der Waals surface area contributed by atoms with Gasteiger partial charge in [-0.25, -0.2) is 9.80 Å². The van der Waals surface area contributed by atoms with Gasteiger partial charge in [0.25, 0.3) is 11.8 Å². The fourth-order valence-electron chi connectivity index (χ4n) is 4.60. The first-order valence-electron chi connectivity index (χ1n) is 11.3. The molecule has 0 radical (unpaired) electrons. The number of hydrogen-bond donors (Lipinski definition) is 1. The smallest absolute Gasteiger partial charge is 0.325 e. The number of benzene rings is 2. The van der Waals surface area contributed by atoms with Crippen LogP contribution in [0.15, 0.2) is 82.5 Å². The molecule has 5 rings (SSSR count). The molecule has 1 fully saturated rings. The Labute approximate surface area is 207 Å². The van der Waals surface area contributed by atoms with Crippen molar-refractivity contribution in [3.05, 3.63) is 94.9 Å². The number of carbonyl (C=O) groups is 3. The average molecular weight is 491 g/mol. The molecule has 0 unspecified atom stereocenters. The summed E-state index contributed by atoms with van der Waals surface area (Å²) in [7, 11) is 0. The molecule has 8 nitrogen and oxygen atoms in total. The molecular formula is C26H23ClN4O4. The van der Waals surface area contributed by atoms with Crippen molar-refractivity contribution in [2.75, 3.05) is 6.54 Å². The Morgan fingerprint density at radius 2 is 1.86 bits per heavy atom. The number of amides is 4. The Bertz CT molecular complexity index is 1290. The van der Waals surface area contributed by atoms with Crippen LogP contribution in [0.5, 0.6) is 0 Å². The van der Waals surface area contributed by atoms with Crippen molar-refractivity contribution in [2.45, 2.75) is 31.3 Å². The van der Waals surface area contributed by atoms with E-state index in [-0.39, 0.29) is 0 Å². The van der Waals surface area contributed by atoms with Crippen molar-refractivity contribution in [1.82, 2.24) is 15.2 Å². The number of nitrogens with one attached hydrogen (secondary N) is 1. The van der Waals surface area contributed by atoms with Gasteiger partial charge in [0.15, 0.2) is 0 Å². The summed E-state index contributed by atoms with van der Waals surface area (Å²) in [4.78, 5) is 40.7. The molecule has 9 heteroatoms. The monoisotopic (exact) mass is 490 g/mol. The average Bonchev–Trinajstić information content (AvgIpc) is 3.61. The summed E-state index contributed by atoms with van der Waals surface area (Å²) in [5.41, 5.74) is 0.974. The van der Waals surface area contributed by atoms with E-state index in [1.54, 1.807) is 36.4 Å². The number of nitrogens with zero attached hydrogens (tertiary/aromatic N) is 3. The number of hydrazone groups is 1. The molecule has 0 saturated carbocycles. The zero-order chi connectivity index (χ0) is 24.6. The third-order valence-corrected chi connectivity index (χ3v) is 6.73. The summed E-state index contributed by atoms with van der Waals surface area (Å²) in [6.45, 7) is 1.39. The van der Waals surface area contributed by atoms with Crippen molar-refractivity contribution in [1.29, 1.82) is 0 Å². The lowest BCUT2D eigenvalue weighted by atomic mass is 9.87. The molecule has 3 aromatic rings. The maximum Gasteiger partial charge on any atom is 0.325 e. The normalized spacial score (nSPS) is 21.9. The van der Waals surface area contributed by atoms with E-state index in [0.717, 1.165) is 10.5 Å². The van der Waals surface area contributed by atoms with E-state index in [9.17, 15) is 14.4 Å². The highest BCUT2D eigenvalue weighted by Gasteiger charge is 2.52. The van der Waals surface area contributed by atoms with Gasteiger partial charge in [-0.2, -0.15) is 5.10 Å². The molecule has 178 valence electrons. The minimum absolute atomic E-state index is 0.351. The van der Waals surface area contributed by atoms with E-state index in [0.29, 0.717) is 34.9 Å². The zero-order valence-corrected chi connectivity index (χ0v) is 19.7.